The maximum absolute atomic E-state index is 11.0. The van der Waals surface area contributed by atoms with E-state index in [0.717, 1.165) is 10.9 Å². The number of carbonyl (C=O) groups excluding carboxylic acids is 1. The van der Waals surface area contributed by atoms with Gasteiger partial charge in [-0.1, -0.05) is 28.1 Å². The lowest BCUT2D eigenvalue weighted by molar-refractivity contribution is -0.119. The predicted octanol–water partition coefficient (Wildman–Crippen LogP) is 2.40. The van der Waals surface area contributed by atoms with E-state index in [-0.39, 0.29) is 11.9 Å². The molecule has 0 aromatic heterocycles. The molecule has 1 fully saturated rings. The van der Waals surface area contributed by atoms with Gasteiger partial charge in [0, 0.05) is 10.9 Å². The second kappa shape index (κ2) is 3.50. The zero-order chi connectivity index (χ0) is 9.26. The third-order valence-corrected chi connectivity index (χ3v) is 2.74. The van der Waals surface area contributed by atoms with Gasteiger partial charge in [-0.3, -0.25) is 4.79 Å². The van der Waals surface area contributed by atoms with E-state index >= 15 is 0 Å². The van der Waals surface area contributed by atoms with Gasteiger partial charge in [0.1, 0.15) is 0 Å². The van der Waals surface area contributed by atoms with Gasteiger partial charge in [0.15, 0.2) is 0 Å². The van der Waals surface area contributed by atoms with Gasteiger partial charge >= 0.3 is 0 Å². The Balaban J connectivity index is 2.21. The first-order chi connectivity index (χ1) is 6.25. The highest BCUT2D eigenvalue weighted by Crippen LogP contribution is 2.25. The van der Waals surface area contributed by atoms with Gasteiger partial charge in [-0.15, -0.1) is 0 Å². The molecule has 13 heavy (non-hydrogen) atoms. The predicted molar refractivity (Wildman–Crippen MR) is 54.3 cm³/mol. The molecule has 0 radical (unpaired) electrons. The minimum absolute atomic E-state index is 0.157. The fourth-order valence-corrected chi connectivity index (χ4v) is 2.00. The van der Waals surface area contributed by atoms with Gasteiger partial charge in [-0.2, -0.15) is 0 Å². The smallest absolute Gasteiger partial charge is 0.220 e. The van der Waals surface area contributed by atoms with E-state index < -0.39 is 0 Å². The van der Waals surface area contributed by atoms with Crippen molar-refractivity contribution in [1.29, 1.82) is 0 Å². The first-order valence-electron chi connectivity index (χ1n) is 4.30. The van der Waals surface area contributed by atoms with Crippen LogP contribution >= 0.6 is 15.9 Å². The summed E-state index contributed by atoms with van der Waals surface area (Å²) < 4.78 is 1.06. The molecule has 0 unspecified atom stereocenters. The minimum atomic E-state index is 0.157. The number of rotatable bonds is 1. The SMILES string of the molecule is O=C1CC[C@@H](c2cccc(Br)c2)N1. The van der Waals surface area contributed by atoms with Crippen LogP contribution in [0, 0.1) is 0 Å². The van der Waals surface area contributed by atoms with Crippen molar-refractivity contribution in [2.45, 2.75) is 18.9 Å². The summed E-state index contributed by atoms with van der Waals surface area (Å²) in [6, 6.07) is 8.28. The van der Waals surface area contributed by atoms with Crippen LogP contribution < -0.4 is 5.32 Å². The van der Waals surface area contributed by atoms with E-state index in [1.807, 2.05) is 18.2 Å². The van der Waals surface area contributed by atoms with Crippen LogP contribution in [0.2, 0.25) is 0 Å². The molecule has 2 nitrogen and oxygen atoms in total. The molecule has 0 spiro atoms. The number of carbonyl (C=O) groups is 1. The normalized spacial score (nSPS) is 21.6. The topological polar surface area (TPSA) is 29.1 Å². The molecule has 3 heteroatoms. The largest absolute Gasteiger partial charge is 0.349 e. The van der Waals surface area contributed by atoms with Gasteiger partial charge in [0.25, 0.3) is 0 Å². The molecule has 1 heterocycles. The van der Waals surface area contributed by atoms with Crippen LogP contribution in [0.3, 0.4) is 0 Å². The molecule has 1 amide bonds. The van der Waals surface area contributed by atoms with Crippen molar-refractivity contribution in [2.75, 3.05) is 0 Å². The molecule has 0 bridgehead atoms. The quantitative estimate of drug-likeness (QED) is 0.802. The molecular formula is C10H10BrNO. The number of halogens is 1. The monoisotopic (exact) mass is 239 g/mol. The Hall–Kier alpha value is -0.830. The first kappa shape index (κ1) is 8.75. The average molecular weight is 240 g/mol. The molecule has 0 aliphatic carbocycles. The molecule has 1 aliphatic rings. The zero-order valence-corrected chi connectivity index (χ0v) is 8.67. The third-order valence-electron chi connectivity index (χ3n) is 2.25. The number of hydrogen-bond acceptors (Lipinski definition) is 1. The lowest BCUT2D eigenvalue weighted by Crippen LogP contribution is -2.18. The summed E-state index contributed by atoms with van der Waals surface area (Å²) in [4.78, 5) is 11.0. The van der Waals surface area contributed by atoms with E-state index in [4.69, 9.17) is 0 Å². The van der Waals surface area contributed by atoms with Crippen molar-refractivity contribution in [3.05, 3.63) is 34.3 Å². The Kier molecular flexibility index (Phi) is 2.36. The molecule has 2 rings (SSSR count). The first-order valence-corrected chi connectivity index (χ1v) is 5.10. The number of benzene rings is 1. The summed E-state index contributed by atoms with van der Waals surface area (Å²) in [7, 11) is 0. The van der Waals surface area contributed by atoms with Gasteiger partial charge in [-0.25, -0.2) is 0 Å². The summed E-state index contributed by atoms with van der Waals surface area (Å²) in [5.74, 6) is 0.157. The standard InChI is InChI=1S/C10H10BrNO/c11-8-3-1-2-7(6-8)9-4-5-10(13)12-9/h1-3,6,9H,4-5H2,(H,12,13)/t9-/m0/s1. The molecule has 0 saturated carbocycles. The highest BCUT2D eigenvalue weighted by atomic mass is 79.9. The molecule has 68 valence electrons. The van der Waals surface area contributed by atoms with Gasteiger partial charge in [0.05, 0.1) is 6.04 Å². The highest BCUT2D eigenvalue weighted by molar-refractivity contribution is 9.10. The molecule has 1 aromatic rings. The van der Waals surface area contributed by atoms with Crippen molar-refractivity contribution in [1.82, 2.24) is 5.32 Å². The van der Waals surface area contributed by atoms with Crippen LogP contribution in [0.5, 0.6) is 0 Å². The van der Waals surface area contributed by atoms with Crippen molar-refractivity contribution in [2.24, 2.45) is 0 Å². The Morgan fingerprint density at radius 2 is 2.31 bits per heavy atom. The lowest BCUT2D eigenvalue weighted by Gasteiger charge is -2.09. The summed E-state index contributed by atoms with van der Waals surface area (Å²) in [5, 5.41) is 2.94. The van der Waals surface area contributed by atoms with Crippen molar-refractivity contribution in [3.8, 4) is 0 Å². The summed E-state index contributed by atoms with van der Waals surface area (Å²) in [5.41, 5.74) is 1.18. The van der Waals surface area contributed by atoms with Crippen LogP contribution in [0.25, 0.3) is 0 Å². The Bertz CT molecular complexity index is 337. The molecule has 1 N–H and O–H groups in total. The summed E-state index contributed by atoms with van der Waals surface area (Å²) in [6.45, 7) is 0. The van der Waals surface area contributed by atoms with Gasteiger partial charge in [-0.05, 0) is 24.1 Å². The summed E-state index contributed by atoms with van der Waals surface area (Å²) in [6.07, 6.45) is 1.56. The third kappa shape index (κ3) is 1.91. The minimum Gasteiger partial charge on any atom is -0.349 e. The van der Waals surface area contributed by atoms with E-state index in [1.165, 1.54) is 5.56 Å². The zero-order valence-electron chi connectivity index (χ0n) is 7.09. The van der Waals surface area contributed by atoms with Crippen LogP contribution in [0.15, 0.2) is 28.7 Å². The maximum atomic E-state index is 11.0. The number of nitrogens with one attached hydrogen (secondary N) is 1. The Labute approximate surface area is 85.5 Å². The maximum Gasteiger partial charge on any atom is 0.220 e. The van der Waals surface area contributed by atoms with Crippen molar-refractivity contribution in [3.63, 3.8) is 0 Å². The molecule has 1 aliphatic heterocycles. The van der Waals surface area contributed by atoms with Crippen molar-refractivity contribution < 1.29 is 4.79 Å². The average Bonchev–Trinajstić information content (AvgIpc) is 2.52. The number of amides is 1. The van der Waals surface area contributed by atoms with Crippen LogP contribution in [-0.2, 0) is 4.79 Å². The van der Waals surface area contributed by atoms with Crippen LogP contribution in [-0.4, -0.2) is 5.91 Å². The lowest BCUT2D eigenvalue weighted by atomic mass is 10.1. The molecular weight excluding hydrogens is 230 g/mol. The fraction of sp³-hybridized carbons (Fsp3) is 0.300. The summed E-state index contributed by atoms with van der Waals surface area (Å²) >= 11 is 3.41. The van der Waals surface area contributed by atoms with Gasteiger partial charge < -0.3 is 5.32 Å². The Morgan fingerprint density at radius 1 is 1.46 bits per heavy atom. The fourth-order valence-electron chi connectivity index (χ4n) is 1.59. The Morgan fingerprint density at radius 3 is 2.92 bits per heavy atom. The van der Waals surface area contributed by atoms with Crippen molar-refractivity contribution >= 4 is 21.8 Å². The van der Waals surface area contributed by atoms with E-state index in [1.54, 1.807) is 0 Å². The second-order valence-electron chi connectivity index (χ2n) is 3.21. The van der Waals surface area contributed by atoms with Crippen LogP contribution in [0.1, 0.15) is 24.4 Å². The van der Waals surface area contributed by atoms with Gasteiger partial charge in [0.2, 0.25) is 5.91 Å². The second-order valence-corrected chi connectivity index (χ2v) is 4.13. The van der Waals surface area contributed by atoms with E-state index in [2.05, 4.69) is 27.3 Å². The highest BCUT2D eigenvalue weighted by Gasteiger charge is 2.21. The number of hydrogen-bond donors (Lipinski definition) is 1. The molecule has 1 atom stereocenters. The molecule has 1 saturated heterocycles. The van der Waals surface area contributed by atoms with E-state index in [0.29, 0.717) is 6.42 Å². The molecule has 1 aromatic carbocycles. The van der Waals surface area contributed by atoms with E-state index in [9.17, 15) is 4.79 Å². The van der Waals surface area contributed by atoms with Crippen LogP contribution in [0.4, 0.5) is 0 Å².